The highest BCUT2D eigenvalue weighted by Crippen LogP contribution is 2.20. The Morgan fingerprint density at radius 3 is 3.16 bits per heavy atom. The third-order valence-corrected chi connectivity index (χ3v) is 3.60. The smallest absolute Gasteiger partial charge is 0.287 e. The molecule has 1 amide bonds. The highest BCUT2D eigenvalue weighted by molar-refractivity contribution is 7.18. The zero-order chi connectivity index (χ0) is 13.2. The highest BCUT2D eigenvalue weighted by atomic mass is 32.1. The lowest BCUT2D eigenvalue weighted by atomic mass is 10.3. The second-order valence-electron chi connectivity index (χ2n) is 3.82. The first-order valence-electron chi connectivity index (χ1n) is 5.52. The molecule has 0 fully saturated rings. The van der Waals surface area contributed by atoms with Gasteiger partial charge in [-0.25, -0.2) is 4.98 Å². The van der Waals surface area contributed by atoms with E-state index in [0.29, 0.717) is 16.8 Å². The lowest BCUT2D eigenvalue weighted by molar-refractivity contribution is 0.0923. The maximum atomic E-state index is 11.7. The first-order chi connectivity index (χ1) is 9.24. The van der Waals surface area contributed by atoms with E-state index in [1.165, 1.54) is 23.9 Å². The van der Waals surface area contributed by atoms with E-state index in [-0.39, 0.29) is 17.2 Å². The lowest BCUT2D eigenvalue weighted by Crippen LogP contribution is -2.21. The van der Waals surface area contributed by atoms with Gasteiger partial charge in [-0.15, -0.1) is 11.3 Å². The third kappa shape index (κ3) is 2.27. The largest absolute Gasteiger partial charge is 0.459 e. The fourth-order valence-corrected chi connectivity index (χ4v) is 2.60. The summed E-state index contributed by atoms with van der Waals surface area (Å²) in [6.45, 7) is 0.333. The molecule has 6 nitrogen and oxygen atoms in total. The molecule has 2 N–H and O–H groups in total. The van der Waals surface area contributed by atoms with Crippen LogP contribution in [-0.2, 0) is 6.54 Å². The third-order valence-electron chi connectivity index (χ3n) is 2.55. The number of furan rings is 1. The van der Waals surface area contributed by atoms with Gasteiger partial charge in [-0.3, -0.25) is 9.59 Å². The predicted octanol–water partition coefficient (Wildman–Crippen LogP) is 1.51. The van der Waals surface area contributed by atoms with Crippen LogP contribution in [0.1, 0.15) is 15.4 Å². The molecule has 0 aliphatic carbocycles. The number of nitrogens with zero attached hydrogens (tertiary/aromatic N) is 1. The monoisotopic (exact) mass is 275 g/mol. The Morgan fingerprint density at radius 2 is 2.42 bits per heavy atom. The number of aromatic nitrogens is 2. The molecular formula is C12H9N3O3S. The molecule has 0 radical (unpaired) electrons. The van der Waals surface area contributed by atoms with Crippen LogP contribution in [0.25, 0.3) is 10.2 Å². The Labute approximate surface area is 111 Å². The molecule has 0 bridgehead atoms. The summed E-state index contributed by atoms with van der Waals surface area (Å²) in [7, 11) is 0. The molecule has 3 aromatic rings. The van der Waals surface area contributed by atoms with Gasteiger partial charge in [0.25, 0.3) is 11.5 Å². The standard InChI is InChI=1S/C12H9N3O3S/c16-10-8-4-7(19-12(8)15-6-14-10)5-13-11(17)9-2-1-3-18-9/h1-4,6H,5H2,(H,13,17)(H,14,15,16). The second-order valence-corrected chi connectivity index (χ2v) is 4.94. The van der Waals surface area contributed by atoms with Gasteiger partial charge >= 0.3 is 0 Å². The van der Waals surface area contributed by atoms with Crippen LogP contribution in [0.15, 0.2) is 40.0 Å². The highest BCUT2D eigenvalue weighted by Gasteiger charge is 2.10. The van der Waals surface area contributed by atoms with Crippen molar-refractivity contribution in [1.82, 2.24) is 15.3 Å². The molecular weight excluding hydrogens is 266 g/mol. The first kappa shape index (κ1) is 11.7. The normalized spacial score (nSPS) is 10.7. The minimum Gasteiger partial charge on any atom is -0.459 e. The van der Waals surface area contributed by atoms with Gasteiger partial charge in [0.05, 0.1) is 24.5 Å². The summed E-state index contributed by atoms with van der Waals surface area (Å²) in [5.74, 6) is -0.0265. The number of amides is 1. The fraction of sp³-hybridized carbons (Fsp3) is 0.0833. The number of hydrogen-bond acceptors (Lipinski definition) is 5. The molecule has 3 rings (SSSR count). The van der Waals surface area contributed by atoms with Gasteiger partial charge in [0.2, 0.25) is 0 Å². The van der Waals surface area contributed by atoms with E-state index in [0.717, 1.165) is 4.88 Å². The van der Waals surface area contributed by atoms with E-state index in [1.807, 2.05) is 0 Å². The van der Waals surface area contributed by atoms with Crippen molar-refractivity contribution in [2.24, 2.45) is 0 Å². The quantitative estimate of drug-likeness (QED) is 0.758. The number of fused-ring (bicyclic) bond motifs is 1. The van der Waals surface area contributed by atoms with Crippen LogP contribution < -0.4 is 10.9 Å². The Bertz CT molecular complexity index is 773. The van der Waals surface area contributed by atoms with Crippen molar-refractivity contribution in [3.05, 3.63) is 51.8 Å². The van der Waals surface area contributed by atoms with Gasteiger partial charge in [-0.1, -0.05) is 0 Å². The van der Waals surface area contributed by atoms with Crippen LogP contribution in [0.3, 0.4) is 0 Å². The number of carbonyl (C=O) groups is 1. The Morgan fingerprint density at radius 1 is 1.53 bits per heavy atom. The van der Waals surface area contributed by atoms with Crippen LogP contribution in [0, 0.1) is 0 Å². The molecule has 3 aromatic heterocycles. The predicted molar refractivity (Wildman–Crippen MR) is 70.1 cm³/mol. The van der Waals surface area contributed by atoms with Gasteiger partial charge < -0.3 is 14.7 Å². The first-order valence-corrected chi connectivity index (χ1v) is 6.33. The average Bonchev–Trinajstić information content (AvgIpc) is 3.05. The van der Waals surface area contributed by atoms with Crippen molar-refractivity contribution >= 4 is 27.5 Å². The number of H-pyrrole nitrogens is 1. The summed E-state index contributed by atoms with van der Waals surface area (Å²) in [4.78, 5) is 31.3. The number of thiophene rings is 1. The molecule has 7 heteroatoms. The number of nitrogens with one attached hydrogen (secondary N) is 2. The molecule has 0 atom stereocenters. The molecule has 0 unspecified atom stereocenters. The minimum absolute atomic E-state index is 0.176. The van der Waals surface area contributed by atoms with Crippen molar-refractivity contribution in [1.29, 1.82) is 0 Å². The number of carbonyl (C=O) groups excluding carboxylic acids is 1. The van der Waals surface area contributed by atoms with Crippen LogP contribution in [0.2, 0.25) is 0 Å². The van der Waals surface area contributed by atoms with Gasteiger partial charge in [0, 0.05) is 4.88 Å². The molecule has 0 spiro atoms. The van der Waals surface area contributed by atoms with Crippen molar-refractivity contribution in [3.8, 4) is 0 Å². The summed E-state index contributed by atoms with van der Waals surface area (Å²) in [6, 6.07) is 4.97. The lowest BCUT2D eigenvalue weighted by Gasteiger charge is -1.99. The van der Waals surface area contributed by atoms with E-state index in [1.54, 1.807) is 18.2 Å². The Kier molecular flexibility index (Phi) is 2.88. The SMILES string of the molecule is O=C(NCc1cc2c(=O)[nH]cnc2s1)c1ccco1. The Balaban J connectivity index is 1.77. The van der Waals surface area contributed by atoms with Crippen LogP contribution >= 0.6 is 11.3 Å². The van der Waals surface area contributed by atoms with Crippen molar-refractivity contribution in [2.75, 3.05) is 0 Å². The zero-order valence-electron chi connectivity index (χ0n) is 9.67. The molecule has 0 saturated carbocycles. The topological polar surface area (TPSA) is 88.0 Å². The molecule has 19 heavy (non-hydrogen) atoms. The molecule has 96 valence electrons. The van der Waals surface area contributed by atoms with Crippen LogP contribution in [0.4, 0.5) is 0 Å². The van der Waals surface area contributed by atoms with E-state index < -0.39 is 0 Å². The van der Waals surface area contributed by atoms with Gasteiger partial charge in [0.15, 0.2) is 5.76 Å². The molecule has 0 aromatic carbocycles. The van der Waals surface area contributed by atoms with Crippen LogP contribution in [0.5, 0.6) is 0 Å². The summed E-state index contributed by atoms with van der Waals surface area (Å²) in [5, 5.41) is 3.26. The Hall–Kier alpha value is -2.41. The minimum atomic E-state index is -0.288. The fourth-order valence-electron chi connectivity index (χ4n) is 1.67. The summed E-state index contributed by atoms with van der Waals surface area (Å²) in [5.41, 5.74) is -0.176. The second kappa shape index (κ2) is 4.69. The van der Waals surface area contributed by atoms with Crippen molar-refractivity contribution in [2.45, 2.75) is 6.54 Å². The van der Waals surface area contributed by atoms with E-state index in [9.17, 15) is 9.59 Å². The van der Waals surface area contributed by atoms with Gasteiger partial charge in [-0.2, -0.15) is 0 Å². The van der Waals surface area contributed by atoms with Crippen molar-refractivity contribution in [3.63, 3.8) is 0 Å². The van der Waals surface area contributed by atoms with Crippen molar-refractivity contribution < 1.29 is 9.21 Å². The number of aromatic amines is 1. The van der Waals surface area contributed by atoms with Gasteiger partial charge in [-0.05, 0) is 18.2 Å². The van der Waals surface area contributed by atoms with Gasteiger partial charge in [0.1, 0.15) is 4.83 Å². The maximum absolute atomic E-state index is 11.7. The molecule has 0 aliphatic heterocycles. The summed E-state index contributed by atoms with van der Waals surface area (Å²) < 4.78 is 4.99. The average molecular weight is 275 g/mol. The summed E-state index contributed by atoms with van der Waals surface area (Å²) >= 11 is 1.37. The maximum Gasteiger partial charge on any atom is 0.287 e. The van der Waals surface area contributed by atoms with Crippen LogP contribution in [-0.4, -0.2) is 15.9 Å². The van der Waals surface area contributed by atoms with E-state index >= 15 is 0 Å². The number of hydrogen-bond donors (Lipinski definition) is 2. The molecule has 0 saturated heterocycles. The molecule has 3 heterocycles. The number of rotatable bonds is 3. The summed E-state index contributed by atoms with van der Waals surface area (Å²) in [6.07, 6.45) is 2.81. The van der Waals surface area contributed by atoms with E-state index in [4.69, 9.17) is 4.42 Å². The van der Waals surface area contributed by atoms with E-state index in [2.05, 4.69) is 15.3 Å². The zero-order valence-corrected chi connectivity index (χ0v) is 10.5. The molecule has 0 aliphatic rings.